The fourth-order valence-electron chi connectivity index (χ4n) is 2.85. The van der Waals surface area contributed by atoms with E-state index in [1.807, 2.05) is 30.3 Å². The third-order valence-electron chi connectivity index (χ3n) is 4.20. The predicted octanol–water partition coefficient (Wildman–Crippen LogP) is 2.74. The molecule has 1 heterocycles. The number of ether oxygens (including phenoxy) is 3. The lowest BCUT2D eigenvalue weighted by molar-refractivity contribution is -0.130. The van der Waals surface area contributed by atoms with Crippen LogP contribution in [0.2, 0.25) is 0 Å². The molecule has 0 saturated carbocycles. The molecule has 0 aromatic heterocycles. The molecule has 1 aromatic rings. The summed E-state index contributed by atoms with van der Waals surface area (Å²) >= 11 is 0. The van der Waals surface area contributed by atoms with Gasteiger partial charge in [-0.1, -0.05) is 44.2 Å². The molecule has 0 spiro atoms. The van der Waals surface area contributed by atoms with Crippen LogP contribution in [0.5, 0.6) is 0 Å². The van der Waals surface area contributed by atoms with Crippen LogP contribution >= 0.6 is 0 Å². The van der Waals surface area contributed by atoms with Crippen molar-refractivity contribution in [3.63, 3.8) is 0 Å². The van der Waals surface area contributed by atoms with Crippen molar-refractivity contribution in [3.05, 3.63) is 35.9 Å². The molecule has 4 unspecified atom stereocenters. The molecule has 5 nitrogen and oxygen atoms in total. The van der Waals surface area contributed by atoms with Gasteiger partial charge < -0.3 is 19.5 Å². The highest BCUT2D eigenvalue weighted by molar-refractivity contribution is 5.67. The minimum absolute atomic E-state index is 0.0156. The summed E-state index contributed by atoms with van der Waals surface area (Å²) < 4.78 is 16.6. The van der Waals surface area contributed by atoms with Crippen molar-refractivity contribution >= 4 is 6.09 Å². The van der Waals surface area contributed by atoms with Crippen LogP contribution < -0.4 is 5.32 Å². The van der Waals surface area contributed by atoms with Gasteiger partial charge in [-0.3, -0.25) is 0 Å². The van der Waals surface area contributed by atoms with E-state index in [-0.39, 0.29) is 30.8 Å². The second-order valence-corrected chi connectivity index (χ2v) is 5.65. The lowest BCUT2D eigenvalue weighted by atomic mass is 9.88. The van der Waals surface area contributed by atoms with Crippen molar-refractivity contribution in [1.29, 1.82) is 0 Å². The summed E-state index contributed by atoms with van der Waals surface area (Å²) in [4.78, 5) is 11.9. The van der Waals surface area contributed by atoms with Crippen LogP contribution in [0.1, 0.15) is 25.8 Å². The highest BCUT2D eigenvalue weighted by atomic mass is 16.6. The smallest absolute Gasteiger partial charge is 0.407 e. The number of hydrogen-bond donors (Lipinski definition) is 1. The van der Waals surface area contributed by atoms with E-state index >= 15 is 0 Å². The summed E-state index contributed by atoms with van der Waals surface area (Å²) in [6.07, 6.45) is 0.541. The van der Waals surface area contributed by atoms with Crippen LogP contribution in [0.3, 0.4) is 0 Å². The number of alkyl carbamates (subject to hydrolysis) is 1. The van der Waals surface area contributed by atoms with Gasteiger partial charge in [-0.05, 0) is 12.0 Å². The predicted molar refractivity (Wildman–Crippen MR) is 83.5 cm³/mol. The van der Waals surface area contributed by atoms with Gasteiger partial charge in [0.2, 0.25) is 0 Å². The van der Waals surface area contributed by atoms with Crippen molar-refractivity contribution in [3.8, 4) is 0 Å². The quantitative estimate of drug-likeness (QED) is 0.909. The van der Waals surface area contributed by atoms with Crippen molar-refractivity contribution in [2.75, 3.05) is 13.7 Å². The molecule has 22 heavy (non-hydrogen) atoms. The third kappa shape index (κ3) is 4.21. The minimum atomic E-state index is -0.422. The third-order valence-corrected chi connectivity index (χ3v) is 4.20. The molecular formula is C17H25NO4. The summed E-state index contributed by atoms with van der Waals surface area (Å²) in [5, 5.41) is 2.88. The summed E-state index contributed by atoms with van der Waals surface area (Å²) in [7, 11) is 1.68. The zero-order valence-corrected chi connectivity index (χ0v) is 13.5. The minimum Gasteiger partial charge on any atom is -0.445 e. The van der Waals surface area contributed by atoms with Gasteiger partial charge in [0.25, 0.3) is 0 Å². The second-order valence-electron chi connectivity index (χ2n) is 5.65. The summed E-state index contributed by atoms with van der Waals surface area (Å²) in [5.41, 5.74) is 0.964. The molecule has 0 aliphatic carbocycles. The Hall–Kier alpha value is -1.59. The average molecular weight is 307 g/mol. The van der Waals surface area contributed by atoms with E-state index in [1.54, 1.807) is 7.11 Å². The molecule has 5 heteroatoms. The number of carbonyl (C=O) groups is 1. The maximum absolute atomic E-state index is 11.9. The van der Waals surface area contributed by atoms with Crippen LogP contribution in [0.4, 0.5) is 4.79 Å². The van der Waals surface area contributed by atoms with Crippen molar-refractivity contribution in [2.24, 2.45) is 5.92 Å². The van der Waals surface area contributed by atoms with E-state index in [0.717, 1.165) is 12.0 Å². The van der Waals surface area contributed by atoms with E-state index in [9.17, 15) is 4.79 Å². The topological polar surface area (TPSA) is 56.8 Å². The first-order chi connectivity index (χ1) is 10.7. The maximum Gasteiger partial charge on any atom is 0.407 e. The molecule has 1 amide bonds. The molecule has 0 radical (unpaired) electrons. The Kier molecular flexibility index (Phi) is 6.21. The fourth-order valence-corrected chi connectivity index (χ4v) is 2.85. The summed E-state index contributed by atoms with van der Waals surface area (Å²) in [5.74, 6) is 0.174. The lowest BCUT2D eigenvalue weighted by Gasteiger charge is -2.40. The molecule has 1 fully saturated rings. The highest BCUT2D eigenvalue weighted by Crippen LogP contribution is 2.25. The normalized spacial score (nSPS) is 28.1. The number of rotatable bonds is 5. The van der Waals surface area contributed by atoms with Gasteiger partial charge in [-0.25, -0.2) is 4.79 Å². The molecular weight excluding hydrogens is 282 g/mol. The Bertz CT molecular complexity index is 465. The van der Waals surface area contributed by atoms with Gasteiger partial charge in [0.05, 0.1) is 24.9 Å². The largest absolute Gasteiger partial charge is 0.445 e. The van der Waals surface area contributed by atoms with Gasteiger partial charge in [-0.2, -0.15) is 0 Å². The number of amides is 1. The number of hydrogen-bond acceptors (Lipinski definition) is 4. The number of benzene rings is 1. The van der Waals surface area contributed by atoms with Crippen LogP contribution in [-0.2, 0) is 20.8 Å². The van der Waals surface area contributed by atoms with Crippen LogP contribution in [0.25, 0.3) is 0 Å². The first-order valence-electron chi connectivity index (χ1n) is 7.77. The summed E-state index contributed by atoms with van der Waals surface area (Å²) in [6.45, 7) is 4.90. The van der Waals surface area contributed by atoms with E-state index in [0.29, 0.717) is 6.61 Å². The molecule has 0 bridgehead atoms. The monoisotopic (exact) mass is 307 g/mol. The molecule has 2 rings (SSSR count). The first kappa shape index (κ1) is 16.8. The molecule has 4 atom stereocenters. The maximum atomic E-state index is 11.9. The number of methoxy groups -OCH3 is 1. The fraction of sp³-hybridized carbons (Fsp3) is 0.588. The van der Waals surface area contributed by atoms with E-state index in [4.69, 9.17) is 14.2 Å². The number of carbonyl (C=O) groups excluding carboxylic acids is 1. The van der Waals surface area contributed by atoms with Crippen LogP contribution in [0, 0.1) is 5.92 Å². The van der Waals surface area contributed by atoms with Crippen molar-refractivity contribution < 1.29 is 19.0 Å². The van der Waals surface area contributed by atoms with Gasteiger partial charge >= 0.3 is 6.09 Å². The van der Waals surface area contributed by atoms with Crippen LogP contribution in [0.15, 0.2) is 30.3 Å². The Balaban J connectivity index is 1.83. The molecule has 1 aliphatic heterocycles. The standard InChI is InChI=1S/C17H25NO4/c1-4-15-16(20-3)12(2)14(11-21-15)18-17(19)22-10-13-8-6-5-7-9-13/h5-9,12,14-16H,4,10-11H2,1-3H3,(H,18,19). The van der Waals surface area contributed by atoms with E-state index in [2.05, 4.69) is 19.2 Å². The molecule has 1 aromatic carbocycles. The molecule has 122 valence electrons. The Morgan fingerprint density at radius 3 is 2.73 bits per heavy atom. The number of nitrogens with one attached hydrogen (secondary N) is 1. The first-order valence-corrected chi connectivity index (χ1v) is 7.77. The van der Waals surface area contributed by atoms with Gasteiger partial charge in [0.1, 0.15) is 6.61 Å². The Labute approximate surface area is 131 Å². The average Bonchev–Trinajstić information content (AvgIpc) is 2.55. The molecule has 1 N–H and O–H groups in total. The summed E-state index contributed by atoms with van der Waals surface area (Å²) in [6, 6.07) is 9.51. The van der Waals surface area contributed by atoms with Gasteiger partial charge in [0.15, 0.2) is 0 Å². The van der Waals surface area contributed by atoms with Gasteiger partial charge in [-0.15, -0.1) is 0 Å². The van der Waals surface area contributed by atoms with Crippen molar-refractivity contribution in [2.45, 2.75) is 45.1 Å². The van der Waals surface area contributed by atoms with E-state index < -0.39 is 6.09 Å². The van der Waals surface area contributed by atoms with Crippen molar-refractivity contribution in [1.82, 2.24) is 5.32 Å². The SMILES string of the molecule is CCC1OCC(NC(=O)OCc2ccccc2)C(C)C1OC. The zero-order valence-electron chi connectivity index (χ0n) is 13.5. The lowest BCUT2D eigenvalue weighted by Crippen LogP contribution is -2.55. The van der Waals surface area contributed by atoms with Crippen LogP contribution in [-0.4, -0.2) is 38.1 Å². The molecule has 1 saturated heterocycles. The van der Waals surface area contributed by atoms with Gasteiger partial charge in [0, 0.05) is 13.0 Å². The Morgan fingerprint density at radius 2 is 2.09 bits per heavy atom. The van der Waals surface area contributed by atoms with E-state index in [1.165, 1.54) is 0 Å². The molecule has 1 aliphatic rings. The second kappa shape index (κ2) is 8.15. The Morgan fingerprint density at radius 1 is 1.36 bits per heavy atom. The zero-order chi connectivity index (χ0) is 15.9. The highest BCUT2D eigenvalue weighted by Gasteiger charge is 2.37.